The second-order valence-corrected chi connectivity index (χ2v) is 9.60. The van der Waals surface area contributed by atoms with E-state index < -0.39 is 28.1 Å². The van der Waals surface area contributed by atoms with Crippen LogP contribution in [0.15, 0.2) is 0 Å². The van der Waals surface area contributed by atoms with Crippen molar-refractivity contribution in [3.05, 3.63) is 0 Å². The van der Waals surface area contributed by atoms with Gasteiger partial charge in [-0.25, -0.2) is 0 Å². The quantitative estimate of drug-likeness (QED) is 0.809. The maximum Gasteiger partial charge on any atom is 0.308 e. The van der Waals surface area contributed by atoms with Gasteiger partial charge in [-0.1, -0.05) is 19.3 Å². The average molecular weight is 342 g/mol. The van der Waals surface area contributed by atoms with Gasteiger partial charge in [-0.05, 0) is 49.4 Å². The molecule has 0 spiro atoms. The predicted molar refractivity (Wildman–Crippen MR) is 84.8 cm³/mol. The molecule has 4 fully saturated rings. The monoisotopic (exact) mass is 342 g/mol. The van der Waals surface area contributed by atoms with Crippen LogP contribution in [0.2, 0.25) is 0 Å². The van der Waals surface area contributed by atoms with Crippen LogP contribution in [0.5, 0.6) is 0 Å². The Morgan fingerprint density at radius 3 is 2.17 bits per heavy atom. The van der Waals surface area contributed by atoms with Crippen LogP contribution >= 0.6 is 0 Å². The van der Waals surface area contributed by atoms with Crippen molar-refractivity contribution in [2.75, 3.05) is 13.1 Å². The Labute approximate surface area is 137 Å². The fourth-order valence-corrected chi connectivity index (χ4v) is 7.19. The molecule has 0 aromatic carbocycles. The highest BCUT2D eigenvalue weighted by Gasteiger charge is 2.57. The summed E-state index contributed by atoms with van der Waals surface area (Å²) in [6, 6.07) is -0.410. The molecule has 130 valence electrons. The Kier molecular flexibility index (Phi) is 3.93. The molecule has 6 nitrogen and oxygen atoms in total. The molecule has 4 rings (SSSR count). The number of nitrogens with one attached hydrogen (secondary N) is 1. The van der Waals surface area contributed by atoms with Crippen LogP contribution in [0.25, 0.3) is 0 Å². The molecule has 23 heavy (non-hydrogen) atoms. The number of hydrogen-bond acceptors (Lipinski definition) is 3. The number of aliphatic carboxylic acids is 1. The van der Waals surface area contributed by atoms with Crippen LogP contribution in [-0.4, -0.2) is 42.9 Å². The summed E-state index contributed by atoms with van der Waals surface area (Å²) in [5.41, 5.74) is 0. The minimum absolute atomic E-state index is 0.168. The van der Waals surface area contributed by atoms with Gasteiger partial charge in [0.1, 0.15) is 0 Å². The normalized spacial score (nSPS) is 43.7. The lowest BCUT2D eigenvalue weighted by molar-refractivity contribution is -0.152. The van der Waals surface area contributed by atoms with Crippen molar-refractivity contribution in [3.63, 3.8) is 0 Å². The maximum atomic E-state index is 12.8. The Hall–Kier alpha value is -0.660. The zero-order valence-electron chi connectivity index (χ0n) is 13.4. The second-order valence-electron chi connectivity index (χ2n) is 7.89. The topological polar surface area (TPSA) is 86.7 Å². The van der Waals surface area contributed by atoms with Gasteiger partial charge in [0.25, 0.3) is 10.2 Å². The molecule has 6 atom stereocenters. The van der Waals surface area contributed by atoms with Crippen LogP contribution in [0.4, 0.5) is 0 Å². The summed E-state index contributed by atoms with van der Waals surface area (Å²) in [6.07, 6.45) is 7.56. The Balaban J connectivity index is 1.46. The van der Waals surface area contributed by atoms with Crippen molar-refractivity contribution in [1.82, 2.24) is 9.03 Å². The maximum absolute atomic E-state index is 12.8. The molecule has 7 heteroatoms. The second kappa shape index (κ2) is 5.70. The molecule has 0 amide bonds. The molecule has 0 bridgehead atoms. The first kappa shape index (κ1) is 15.8. The van der Waals surface area contributed by atoms with Gasteiger partial charge in [-0.15, -0.1) is 0 Å². The van der Waals surface area contributed by atoms with Gasteiger partial charge >= 0.3 is 5.97 Å². The number of carboxylic acid groups (broad SMARTS) is 1. The van der Waals surface area contributed by atoms with Gasteiger partial charge in [0.15, 0.2) is 0 Å². The number of carbonyl (C=O) groups is 1. The molecular formula is C16H26N2O4S. The summed E-state index contributed by atoms with van der Waals surface area (Å²) >= 11 is 0. The largest absolute Gasteiger partial charge is 0.481 e. The Morgan fingerprint density at radius 1 is 0.957 bits per heavy atom. The highest BCUT2D eigenvalue weighted by atomic mass is 32.2. The molecule has 4 aliphatic rings. The third-order valence-corrected chi connectivity index (χ3v) is 8.34. The average Bonchev–Trinajstić information content (AvgIpc) is 3.09. The summed E-state index contributed by atoms with van der Waals surface area (Å²) in [6.45, 7) is 1.22. The molecule has 3 saturated carbocycles. The van der Waals surface area contributed by atoms with Gasteiger partial charge in [-0.3, -0.25) is 4.79 Å². The predicted octanol–water partition coefficient (Wildman–Crippen LogP) is 1.44. The summed E-state index contributed by atoms with van der Waals surface area (Å²) < 4.78 is 29.9. The zero-order valence-corrected chi connectivity index (χ0v) is 14.2. The lowest BCUT2D eigenvalue weighted by Crippen LogP contribution is -2.62. The third-order valence-electron chi connectivity index (χ3n) is 6.79. The van der Waals surface area contributed by atoms with Crippen LogP contribution in [0.3, 0.4) is 0 Å². The van der Waals surface area contributed by atoms with Crippen molar-refractivity contribution in [1.29, 1.82) is 0 Å². The molecule has 3 aliphatic carbocycles. The Morgan fingerprint density at radius 2 is 1.57 bits per heavy atom. The van der Waals surface area contributed by atoms with Crippen molar-refractivity contribution in [3.8, 4) is 0 Å². The van der Waals surface area contributed by atoms with Crippen molar-refractivity contribution < 1.29 is 18.3 Å². The fourth-order valence-electron chi connectivity index (χ4n) is 5.60. The van der Waals surface area contributed by atoms with Crippen molar-refractivity contribution in [2.24, 2.45) is 29.6 Å². The molecular weight excluding hydrogens is 316 g/mol. The minimum atomic E-state index is -3.56. The van der Waals surface area contributed by atoms with E-state index in [0.29, 0.717) is 24.9 Å². The van der Waals surface area contributed by atoms with Gasteiger partial charge in [0.05, 0.1) is 5.92 Å². The first-order valence-corrected chi connectivity index (χ1v) is 10.4. The lowest BCUT2D eigenvalue weighted by Gasteiger charge is -2.46. The van der Waals surface area contributed by atoms with E-state index in [1.165, 1.54) is 12.8 Å². The van der Waals surface area contributed by atoms with E-state index in [1.54, 1.807) is 4.31 Å². The van der Waals surface area contributed by atoms with Crippen LogP contribution < -0.4 is 4.72 Å². The SMILES string of the molecule is O=C(O)[C@H]1[C@H]2CCC[C@H]2[C@@H]1NS(=O)(=O)N1C[C@H]2CCCC[C@H]2C1. The van der Waals surface area contributed by atoms with Gasteiger partial charge < -0.3 is 5.11 Å². The summed E-state index contributed by atoms with van der Waals surface area (Å²) in [4.78, 5) is 11.5. The fraction of sp³-hybridized carbons (Fsp3) is 0.938. The number of nitrogens with zero attached hydrogens (tertiary/aromatic N) is 1. The van der Waals surface area contributed by atoms with E-state index in [1.807, 2.05) is 0 Å². The molecule has 0 unspecified atom stereocenters. The molecule has 0 aromatic heterocycles. The lowest BCUT2D eigenvalue weighted by atomic mass is 9.63. The van der Waals surface area contributed by atoms with Crippen LogP contribution in [-0.2, 0) is 15.0 Å². The van der Waals surface area contributed by atoms with E-state index in [9.17, 15) is 18.3 Å². The van der Waals surface area contributed by atoms with Crippen LogP contribution in [0.1, 0.15) is 44.9 Å². The van der Waals surface area contributed by atoms with Crippen LogP contribution in [0, 0.1) is 29.6 Å². The summed E-state index contributed by atoms with van der Waals surface area (Å²) in [5, 5.41) is 9.43. The smallest absolute Gasteiger partial charge is 0.308 e. The molecule has 1 heterocycles. The number of fused-ring (bicyclic) bond motifs is 2. The standard InChI is InChI=1S/C16H26N2O4S/c19-16(20)14-12-6-3-7-13(12)15(14)17-23(21,22)18-8-10-4-1-2-5-11(10)9-18/h10-15,17H,1-9H2,(H,19,20)/t10-,11+,12-,13+,14-,15-/m0/s1. The van der Waals surface area contributed by atoms with Crippen molar-refractivity contribution in [2.45, 2.75) is 51.0 Å². The molecule has 1 aliphatic heterocycles. The van der Waals surface area contributed by atoms with Gasteiger partial charge in [0, 0.05) is 19.1 Å². The van der Waals surface area contributed by atoms with Gasteiger partial charge in [-0.2, -0.15) is 17.4 Å². The molecule has 0 radical (unpaired) electrons. The zero-order chi connectivity index (χ0) is 16.2. The number of hydrogen-bond donors (Lipinski definition) is 2. The van der Waals surface area contributed by atoms with E-state index in [-0.39, 0.29) is 11.8 Å². The molecule has 2 N–H and O–H groups in total. The summed E-state index contributed by atoms with van der Waals surface area (Å²) in [5.74, 6) is -0.0114. The number of rotatable bonds is 4. The first-order chi connectivity index (χ1) is 11.0. The van der Waals surface area contributed by atoms with E-state index in [4.69, 9.17) is 0 Å². The minimum Gasteiger partial charge on any atom is -0.481 e. The van der Waals surface area contributed by atoms with E-state index in [2.05, 4.69) is 4.72 Å². The van der Waals surface area contributed by atoms with Crippen molar-refractivity contribution >= 4 is 16.2 Å². The summed E-state index contributed by atoms with van der Waals surface area (Å²) in [7, 11) is -3.56. The molecule has 1 saturated heterocycles. The highest BCUT2D eigenvalue weighted by Crippen LogP contribution is 2.51. The first-order valence-electron chi connectivity index (χ1n) is 8.97. The Bertz CT molecular complexity index is 579. The third kappa shape index (κ3) is 2.61. The van der Waals surface area contributed by atoms with E-state index in [0.717, 1.165) is 32.1 Å². The van der Waals surface area contributed by atoms with Gasteiger partial charge in [0.2, 0.25) is 0 Å². The molecule has 0 aromatic rings. The highest BCUT2D eigenvalue weighted by molar-refractivity contribution is 7.87. The van der Waals surface area contributed by atoms with E-state index >= 15 is 0 Å². The number of carboxylic acids is 1.